The Balaban J connectivity index is 3.01. The van der Waals surface area contributed by atoms with Gasteiger partial charge in [-0.2, -0.15) is 4.98 Å². The van der Waals surface area contributed by atoms with Crippen molar-refractivity contribution < 1.29 is 0 Å². The van der Waals surface area contributed by atoms with Gasteiger partial charge in [-0.3, -0.25) is 5.10 Å². The first-order chi connectivity index (χ1) is 3.83. The molecule has 44 valence electrons. The fourth-order valence-corrected chi connectivity index (χ4v) is 0.401. The second-order valence-corrected chi connectivity index (χ2v) is 1.32. The number of H-pyrrole nitrogens is 2. The van der Waals surface area contributed by atoms with Crippen molar-refractivity contribution in [2.24, 2.45) is 5.73 Å². The molecular weight excluding hydrogens is 108 g/mol. The van der Waals surface area contributed by atoms with E-state index < -0.39 is 0 Å². The largest absolute Gasteiger partial charge is 0.361 e. The molecule has 0 amide bonds. The van der Waals surface area contributed by atoms with Gasteiger partial charge in [-0.05, 0) is 0 Å². The van der Waals surface area contributed by atoms with E-state index in [1.54, 1.807) is 0 Å². The Kier molecular flexibility index (Phi) is 1.13. The highest BCUT2D eigenvalue weighted by atomic mass is 16.1. The topological polar surface area (TPSA) is 87.6 Å². The number of rotatable bonds is 1. The van der Waals surface area contributed by atoms with Crippen molar-refractivity contribution >= 4 is 0 Å². The number of hydrogen-bond acceptors (Lipinski definition) is 3. The lowest BCUT2D eigenvalue weighted by molar-refractivity contribution is 0.916. The Hall–Kier alpha value is -1.10. The number of nitrogens with two attached hydrogens (primary N) is 1. The third-order valence-electron chi connectivity index (χ3n) is 0.744. The first kappa shape index (κ1) is 5.04. The van der Waals surface area contributed by atoms with E-state index in [4.69, 9.17) is 5.73 Å². The van der Waals surface area contributed by atoms with E-state index >= 15 is 0 Å². The number of nitrogens with zero attached hydrogens (tertiary/aromatic N) is 1. The van der Waals surface area contributed by atoms with Crippen LogP contribution in [0.2, 0.25) is 0 Å². The summed E-state index contributed by atoms with van der Waals surface area (Å²) in [5.74, 6) is 0.481. The van der Waals surface area contributed by atoms with E-state index in [9.17, 15) is 4.79 Å². The highest BCUT2D eigenvalue weighted by molar-refractivity contribution is 4.76. The summed E-state index contributed by atoms with van der Waals surface area (Å²) in [7, 11) is 0. The molecule has 5 nitrogen and oxygen atoms in total. The summed E-state index contributed by atoms with van der Waals surface area (Å²) in [5.41, 5.74) is 4.73. The summed E-state index contributed by atoms with van der Waals surface area (Å²) < 4.78 is 0. The Morgan fingerprint density at radius 2 is 2.38 bits per heavy atom. The zero-order valence-corrected chi connectivity index (χ0v) is 4.14. The van der Waals surface area contributed by atoms with Crippen LogP contribution < -0.4 is 11.4 Å². The van der Waals surface area contributed by atoms with Crippen LogP contribution in [0.3, 0.4) is 0 Å². The second-order valence-electron chi connectivity index (χ2n) is 1.32. The van der Waals surface area contributed by atoms with Gasteiger partial charge in [-0.15, -0.1) is 0 Å². The fraction of sp³-hybridized carbons (Fsp3) is 0.333. The Labute approximate surface area is 44.9 Å². The minimum atomic E-state index is -0.384. The monoisotopic (exact) mass is 114 g/mol. The molecule has 0 unspecified atom stereocenters. The van der Waals surface area contributed by atoms with Crippen LogP contribution in [-0.4, -0.2) is 15.2 Å². The third kappa shape index (κ3) is 0.760. The molecule has 0 aliphatic rings. The molecule has 8 heavy (non-hydrogen) atoms. The molecule has 0 aromatic carbocycles. The smallest absolute Gasteiger partial charge is 0.324 e. The molecule has 1 heterocycles. The molecule has 1 rings (SSSR count). The molecule has 0 bridgehead atoms. The van der Waals surface area contributed by atoms with Crippen LogP contribution >= 0.6 is 0 Å². The number of aromatic nitrogens is 3. The van der Waals surface area contributed by atoms with Crippen molar-refractivity contribution in [2.75, 3.05) is 0 Å². The van der Waals surface area contributed by atoms with Gasteiger partial charge in [0.15, 0.2) is 0 Å². The molecule has 0 saturated carbocycles. The van der Waals surface area contributed by atoms with Crippen LogP contribution in [0.25, 0.3) is 0 Å². The maximum atomic E-state index is 10.2. The van der Waals surface area contributed by atoms with E-state index in [0.29, 0.717) is 5.82 Å². The first-order valence-electron chi connectivity index (χ1n) is 2.16. The van der Waals surface area contributed by atoms with E-state index in [-0.39, 0.29) is 12.2 Å². The Bertz CT molecular complexity index is 211. The van der Waals surface area contributed by atoms with Crippen molar-refractivity contribution in [3.05, 3.63) is 16.3 Å². The van der Waals surface area contributed by atoms with E-state index in [2.05, 4.69) is 15.2 Å². The van der Waals surface area contributed by atoms with Gasteiger partial charge >= 0.3 is 5.69 Å². The van der Waals surface area contributed by atoms with Crippen LogP contribution in [0, 0.1) is 0 Å². The van der Waals surface area contributed by atoms with Gasteiger partial charge in [0, 0.05) is 0 Å². The van der Waals surface area contributed by atoms with Gasteiger partial charge in [0.1, 0.15) is 5.82 Å². The molecule has 4 N–H and O–H groups in total. The SMILES string of the molecule is NCc1nc(=O)[nH][nH]1. The van der Waals surface area contributed by atoms with Gasteiger partial charge < -0.3 is 5.73 Å². The summed E-state index contributed by atoms with van der Waals surface area (Å²) in [4.78, 5) is 13.6. The molecule has 0 saturated heterocycles. The Morgan fingerprint density at radius 1 is 1.62 bits per heavy atom. The standard InChI is InChI=1S/C3H6N4O/c4-1-2-5-3(8)7-6-2/h1,4H2,(H2,5,6,7,8). The zero-order chi connectivity index (χ0) is 5.98. The lowest BCUT2D eigenvalue weighted by Gasteiger charge is -1.78. The minimum Gasteiger partial charge on any atom is -0.324 e. The van der Waals surface area contributed by atoms with Gasteiger partial charge in [0.25, 0.3) is 0 Å². The molecule has 1 aromatic heterocycles. The summed E-state index contributed by atoms with van der Waals surface area (Å²) >= 11 is 0. The molecule has 1 aromatic rings. The van der Waals surface area contributed by atoms with E-state index in [0.717, 1.165) is 0 Å². The molecule has 0 radical (unpaired) electrons. The normalized spacial score (nSPS) is 9.62. The fourth-order valence-electron chi connectivity index (χ4n) is 0.401. The average molecular weight is 114 g/mol. The van der Waals surface area contributed by atoms with Crippen molar-refractivity contribution in [2.45, 2.75) is 6.54 Å². The van der Waals surface area contributed by atoms with E-state index in [1.807, 2.05) is 0 Å². The quantitative estimate of drug-likeness (QED) is 0.417. The van der Waals surface area contributed by atoms with Crippen LogP contribution in [-0.2, 0) is 6.54 Å². The maximum Gasteiger partial charge on any atom is 0.361 e. The number of nitrogens with one attached hydrogen (secondary N) is 2. The van der Waals surface area contributed by atoms with Crippen LogP contribution in [0.4, 0.5) is 0 Å². The third-order valence-corrected chi connectivity index (χ3v) is 0.744. The predicted molar refractivity (Wildman–Crippen MR) is 27.1 cm³/mol. The predicted octanol–water partition coefficient (Wildman–Crippen LogP) is -1.44. The molecular formula is C3H6N4O. The van der Waals surface area contributed by atoms with Crippen LogP contribution in [0.15, 0.2) is 4.79 Å². The average Bonchev–Trinajstić information content (AvgIpc) is 2.14. The number of aromatic amines is 2. The zero-order valence-electron chi connectivity index (χ0n) is 4.14. The van der Waals surface area contributed by atoms with Gasteiger partial charge in [-0.1, -0.05) is 0 Å². The summed E-state index contributed by atoms with van der Waals surface area (Å²) in [6, 6.07) is 0. The maximum absolute atomic E-state index is 10.2. The summed E-state index contributed by atoms with van der Waals surface area (Å²) in [6.45, 7) is 0.263. The van der Waals surface area contributed by atoms with Gasteiger partial charge in [0.2, 0.25) is 0 Å². The molecule has 0 fully saturated rings. The molecule has 5 heteroatoms. The minimum absolute atomic E-state index is 0.263. The lowest BCUT2D eigenvalue weighted by atomic mass is 10.6. The molecule has 0 atom stereocenters. The molecule has 0 aliphatic heterocycles. The Morgan fingerprint density at radius 3 is 2.62 bits per heavy atom. The second kappa shape index (κ2) is 1.79. The first-order valence-corrected chi connectivity index (χ1v) is 2.16. The molecule has 0 spiro atoms. The highest BCUT2D eigenvalue weighted by Crippen LogP contribution is 1.72. The van der Waals surface area contributed by atoms with Crippen LogP contribution in [0.1, 0.15) is 5.82 Å². The van der Waals surface area contributed by atoms with Crippen molar-refractivity contribution in [1.82, 2.24) is 15.2 Å². The van der Waals surface area contributed by atoms with Gasteiger partial charge in [0.05, 0.1) is 6.54 Å². The van der Waals surface area contributed by atoms with Crippen molar-refractivity contribution in [3.63, 3.8) is 0 Å². The summed E-state index contributed by atoms with van der Waals surface area (Å²) in [5, 5.41) is 4.73. The van der Waals surface area contributed by atoms with Crippen molar-refractivity contribution in [1.29, 1.82) is 0 Å². The lowest BCUT2D eigenvalue weighted by Crippen LogP contribution is -2.03. The van der Waals surface area contributed by atoms with Crippen molar-refractivity contribution in [3.8, 4) is 0 Å². The van der Waals surface area contributed by atoms with Gasteiger partial charge in [-0.25, -0.2) is 9.89 Å². The van der Waals surface area contributed by atoms with E-state index in [1.165, 1.54) is 0 Å². The van der Waals surface area contributed by atoms with Crippen LogP contribution in [0.5, 0.6) is 0 Å². The highest BCUT2D eigenvalue weighted by Gasteiger charge is 1.89. The summed E-state index contributed by atoms with van der Waals surface area (Å²) in [6.07, 6.45) is 0. The molecule has 0 aliphatic carbocycles. The number of hydrogen-bond donors (Lipinski definition) is 3.